The molecule has 0 saturated heterocycles. The van der Waals surface area contributed by atoms with E-state index in [0.29, 0.717) is 0 Å². The van der Waals surface area contributed by atoms with Gasteiger partial charge in [0.2, 0.25) is 0 Å². The van der Waals surface area contributed by atoms with Crippen molar-refractivity contribution in [3.8, 4) is 0 Å². The molecule has 0 aliphatic carbocycles. The SMILES string of the molecule is CCNP(C)(CC)(c1ccccc1)c1ccccc1. The first-order valence-corrected chi connectivity index (χ1v) is 9.89. The van der Waals surface area contributed by atoms with E-state index >= 15 is 0 Å². The molecular weight excluding hydrogens is 249 g/mol. The monoisotopic (exact) mass is 273 g/mol. The quantitative estimate of drug-likeness (QED) is 0.824. The van der Waals surface area contributed by atoms with Crippen LogP contribution in [0.25, 0.3) is 0 Å². The van der Waals surface area contributed by atoms with E-state index in [9.17, 15) is 0 Å². The molecule has 2 aromatic carbocycles. The molecule has 0 aliphatic rings. The topological polar surface area (TPSA) is 12.0 Å². The Hall–Kier alpha value is -1.17. The van der Waals surface area contributed by atoms with E-state index in [1.54, 1.807) is 0 Å². The fourth-order valence-corrected chi connectivity index (χ4v) is 7.33. The Morgan fingerprint density at radius 1 is 0.789 bits per heavy atom. The molecular formula is C17H24NP. The summed E-state index contributed by atoms with van der Waals surface area (Å²) >= 11 is 0. The van der Waals surface area contributed by atoms with Gasteiger partial charge in [-0.3, -0.25) is 0 Å². The molecule has 2 rings (SSSR count). The van der Waals surface area contributed by atoms with Crippen molar-refractivity contribution >= 4 is 17.4 Å². The second kappa shape index (κ2) is 5.45. The van der Waals surface area contributed by atoms with Crippen LogP contribution in [-0.4, -0.2) is 19.4 Å². The van der Waals surface area contributed by atoms with E-state index in [4.69, 9.17) is 0 Å². The number of hydrogen-bond donors (Lipinski definition) is 1. The van der Waals surface area contributed by atoms with Crippen LogP contribution in [0.3, 0.4) is 0 Å². The van der Waals surface area contributed by atoms with Crippen LogP contribution in [0.4, 0.5) is 0 Å². The van der Waals surface area contributed by atoms with E-state index in [1.165, 1.54) is 10.6 Å². The molecule has 0 spiro atoms. The van der Waals surface area contributed by atoms with Crippen molar-refractivity contribution in [2.24, 2.45) is 0 Å². The zero-order chi connectivity index (χ0) is 13.8. The Labute approximate surface area is 117 Å². The predicted molar refractivity (Wildman–Crippen MR) is 89.2 cm³/mol. The molecule has 0 amide bonds. The van der Waals surface area contributed by atoms with Gasteiger partial charge in [-0.05, 0) is 0 Å². The first-order chi connectivity index (χ1) is 9.14. The standard InChI is InChI=1S/C17H24NP/c1-4-18-19(3,5-2,16-12-8-6-9-13-16)17-14-10-7-11-15-17/h6-15,18H,4-5H2,1-3H3. The fraction of sp³-hybridized carbons (Fsp3) is 0.294. The van der Waals surface area contributed by atoms with Crippen molar-refractivity contribution in [3.63, 3.8) is 0 Å². The first-order valence-electron chi connectivity index (χ1n) is 7.02. The zero-order valence-electron chi connectivity index (χ0n) is 12.1. The van der Waals surface area contributed by atoms with Gasteiger partial charge in [-0.25, -0.2) is 0 Å². The predicted octanol–water partition coefficient (Wildman–Crippen LogP) is 3.36. The van der Waals surface area contributed by atoms with E-state index in [-0.39, 0.29) is 0 Å². The maximum absolute atomic E-state index is 3.89. The summed E-state index contributed by atoms with van der Waals surface area (Å²) < 4.78 is 0. The third-order valence-corrected chi connectivity index (χ3v) is 10.4. The molecule has 0 aromatic heterocycles. The number of benzene rings is 2. The normalized spacial score (nSPS) is 13.7. The first kappa shape index (κ1) is 14.2. The Bertz CT molecular complexity index is 482. The second-order valence-corrected chi connectivity index (χ2v) is 10.9. The van der Waals surface area contributed by atoms with Crippen LogP contribution in [0.15, 0.2) is 60.7 Å². The Balaban J connectivity index is 2.70. The van der Waals surface area contributed by atoms with Gasteiger partial charge in [-0.1, -0.05) is 0 Å². The summed E-state index contributed by atoms with van der Waals surface area (Å²) in [5.74, 6) is 0. The summed E-state index contributed by atoms with van der Waals surface area (Å²) in [6.45, 7) is 5.68. The van der Waals surface area contributed by atoms with Crippen LogP contribution in [-0.2, 0) is 0 Å². The van der Waals surface area contributed by atoms with Crippen molar-refractivity contribution in [1.29, 1.82) is 0 Å². The molecule has 1 N–H and O–H groups in total. The molecule has 0 atom stereocenters. The third-order valence-electron chi connectivity index (χ3n) is 4.29. The Morgan fingerprint density at radius 3 is 1.53 bits per heavy atom. The molecule has 19 heavy (non-hydrogen) atoms. The third kappa shape index (κ3) is 2.33. The van der Waals surface area contributed by atoms with Gasteiger partial charge in [-0.15, -0.1) is 0 Å². The molecule has 0 saturated carbocycles. The van der Waals surface area contributed by atoms with Crippen molar-refractivity contribution in [2.75, 3.05) is 19.4 Å². The fourth-order valence-electron chi connectivity index (χ4n) is 2.90. The van der Waals surface area contributed by atoms with Gasteiger partial charge in [0, 0.05) is 0 Å². The molecule has 0 radical (unpaired) electrons. The summed E-state index contributed by atoms with van der Waals surface area (Å²) in [5, 5.41) is 6.78. The van der Waals surface area contributed by atoms with E-state index < -0.39 is 6.75 Å². The molecule has 2 aromatic rings. The molecule has 0 bridgehead atoms. The van der Waals surface area contributed by atoms with Gasteiger partial charge in [-0.2, -0.15) is 0 Å². The average Bonchev–Trinajstić information content (AvgIpc) is 2.49. The summed E-state index contributed by atoms with van der Waals surface area (Å²) in [4.78, 5) is 0. The van der Waals surface area contributed by atoms with Crippen molar-refractivity contribution in [3.05, 3.63) is 60.7 Å². The van der Waals surface area contributed by atoms with Gasteiger partial charge in [0.1, 0.15) is 0 Å². The van der Waals surface area contributed by atoms with Gasteiger partial charge < -0.3 is 0 Å². The second-order valence-electron chi connectivity index (χ2n) is 5.30. The van der Waals surface area contributed by atoms with Crippen LogP contribution >= 0.6 is 6.75 Å². The van der Waals surface area contributed by atoms with Gasteiger partial charge >= 0.3 is 116 Å². The molecule has 0 heterocycles. The Morgan fingerprint density at radius 2 is 1.21 bits per heavy atom. The number of nitrogens with one attached hydrogen (secondary N) is 1. The summed E-state index contributed by atoms with van der Waals surface area (Å²) in [7, 11) is 0. The summed E-state index contributed by atoms with van der Waals surface area (Å²) in [5.41, 5.74) is 0. The average molecular weight is 273 g/mol. The van der Waals surface area contributed by atoms with E-state index in [1.807, 2.05) is 0 Å². The van der Waals surface area contributed by atoms with Crippen molar-refractivity contribution < 1.29 is 0 Å². The maximum atomic E-state index is 3.89. The molecule has 1 nitrogen and oxygen atoms in total. The van der Waals surface area contributed by atoms with Crippen LogP contribution in [0.2, 0.25) is 0 Å². The van der Waals surface area contributed by atoms with Gasteiger partial charge in [0.15, 0.2) is 0 Å². The van der Waals surface area contributed by atoms with Crippen LogP contribution in [0.1, 0.15) is 13.8 Å². The molecule has 0 aliphatic heterocycles. The van der Waals surface area contributed by atoms with Crippen LogP contribution in [0.5, 0.6) is 0 Å². The summed E-state index contributed by atoms with van der Waals surface area (Å²) in [6, 6.07) is 21.9. The number of hydrogen-bond acceptors (Lipinski definition) is 1. The molecule has 0 fully saturated rings. The number of rotatable bonds is 5. The van der Waals surface area contributed by atoms with Gasteiger partial charge in [0.05, 0.1) is 0 Å². The molecule has 0 unspecified atom stereocenters. The zero-order valence-corrected chi connectivity index (χ0v) is 13.0. The van der Waals surface area contributed by atoms with Gasteiger partial charge in [0.25, 0.3) is 0 Å². The summed E-state index contributed by atoms with van der Waals surface area (Å²) in [6.07, 6.45) is 1.13. The van der Waals surface area contributed by atoms with Crippen molar-refractivity contribution in [1.82, 2.24) is 5.09 Å². The van der Waals surface area contributed by atoms with E-state index in [0.717, 1.165) is 12.7 Å². The minimum absolute atomic E-state index is 0.992. The molecule has 102 valence electrons. The molecule has 2 heteroatoms. The van der Waals surface area contributed by atoms with Crippen LogP contribution < -0.4 is 15.7 Å². The van der Waals surface area contributed by atoms with E-state index in [2.05, 4.69) is 86.3 Å². The Kier molecular flexibility index (Phi) is 4.08. The minimum atomic E-state index is -2.26. The van der Waals surface area contributed by atoms with Crippen molar-refractivity contribution in [2.45, 2.75) is 13.8 Å². The van der Waals surface area contributed by atoms with Crippen LogP contribution in [0, 0.1) is 0 Å².